The summed E-state index contributed by atoms with van der Waals surface area (Å²) in [6.45, 7) is 3.75. The number of benzene rings is 1. The minimum Gasteiger partial charge on any atom is -0.444 e. The number of nitrogens with one attached hydrogen (secondary N) is 1. The molecule has 1 aromatic carbocycles. The van der Waals surface area contributed by atoms with Gasteiger partial charge in [0.2, 0.25) is 5.89 Å². The average Bonchev–Trinajstić information content (AvgIpc) is 2.91. The number of nitrogens with zero attached hydrogens (tertiary/aromatic N) is 2. The van der Waals surface area contributed by atoms with Gasteiger partial charge in [-0.1, -0.05) is 0 Å². The Bertz CT molecular complexity index is 802. The first-order valence-corrected chi connectivity index (χ1v) is 6.29. The smallest absolute Gasteiger partial charge is 0.217 e. The number of hydrogen-bond acceptors (Lipinski definition) is 3. The number of imidazole rings is 1. The third kappa shape index (κ3) is 1.98. The molecule has 6 heteroatoms. The van der Waals surface area contributed by atoms with Gasteiger partial charge in [-0.2, -0.15) is 0 Å². The Morgan fingerprint density at radius 1 is 1.47 bits per heavy atom. The van der Waals surface area contributed by atoms with Crippen molar-refractivity contribution >= 4 is 23.3 Å². The normalized spacial score (nSPS) is 13.0. The van der Waals surface area contributed by atoms with E-state index in [9.17, 15) is 4.39 Å². The van der Waals surface area contributed by atoms with E-state index in [0.717, 1.165) is 11.3 Å². The summed E-state index contributed by atoms with van der Waals surface area (Å²) in [5.41, 5.74) is 1.50. The number of H-pyrrole nitrogens is 1. The third-order valence-electron chi connectivity index (χ3n) is 3.06. The third-order valence-corrected chi connectivity index (χ3v) is 3.36. The quantitative estimate of drug-likeness (QED) is 0.726. The fourth-order valence-electron chi connectivity index (χ4n) is 2.15. The SMILES string of the molecule is Cc1cnc(C(C)n2c(=S)[nH]c3ccc(F)cc32)o1. The molecule has 0 radical (unpaired) electrons. The molecule has 2 aromatic heterocycles. The summed E-state index contributed by atoms with van der Waals surface area (Å²) in [5, 5.41) is 0. The second-order valence-electron chi connectivity index (χ2n) is 4.45. The minimum atomic E-state index is -0.300. The lowest BCUT2D eigenvalue weighted by atomic mass is 10.2. The molecule has 3 aromatic rings. The van der Waals surface area contributed by atoms with E-state index in [4.69, 9.17) is 16.6 Å². The predicted molar refractivity (Wildman–Crippen MR) is 72.1 cm³/mol. The van der Waals surface area contributed by atoms with Crippen molar-refractivity contribution in [2.24, 2.45) is 0 Å². The van der Waals surface area contributed by atoms with Crippen LogP contribution in [0.4, 0.5) is 4.39 Å². The van der Waals surface area contributed by atoms with E-state index in [0.29, 0.717) is 16.2 Å². The topological polar surface area (TPSA) is 46.8 Å². The maximum absolute atomic E-state index is 13.4. The number of halogens is 1. The van der Waals surface area contributed by atoms with Gasteiger partial charge in [-0.15, -0.1) is 0 Å². The molecule has 0 amide bonds. The van der Waals surface area contributed by atoms with Crippen LogP contribution in [0.1, 0.15) is 24.6 Å². The Morgan fingerprint density at radius 2 is 2.26 bits per heavy atom. The van der Waals surface area contributed by atoms with Crippen LogP contribution in [0, 0.1) is 17.5 Å². The molecule has 19 heavy (non-hydrogen) atoms. The fourth-order valence-corrected chi connectivity index (χ4v) is 2.52. The zero-order chi connectivity index (χ0) is 13.6. The highest BCUT2D eigenvalue weighted by Crippen LogP contribution is 2.24. The second kappa shape index (κ2) is 4.31. The molecule has 0 saturated heterocycles. The maximum atomic E-state index is 13.4. The average molecular weight is 277 g/mol. The summed E-state index contributed by atoms with van der Waals surface area (Å²) >= 11 is 5.29. The fraction of sp³-hybridized carbons (Fsp3) is 0.231. The Kier molecular flexibility index (Phi) is 2.74. The molecule has 0 aliphatic rings. The van der Waals surface area contributed by atoms with E-state index in [1.807, 2.05) is 13.8 Å². The van der Waals surface area contributed by atoms with Crippen molar-refractivity contribution in [1.29, 1.82) is 0 Å². The van der Waals surface area contributed by atoms with Crippen LogP contribution in [0.15, 0.2) is 28.8 Å². The van der Waals surface area contributed by atoms with Crippen molar-refractivity contribution in [3.63, 3.8) is 0 Å². The van der Waals surface area contributed by atoms with Gasteiger partial charge < -0.3 is 14.0 Å². The number of hydrogen-bond donors (Lipinski definition) is 1. The summed E-state index contributed by atoms with van der Waals surface area (Å²) in [6.07, 6.45) is 1.66. The highest BCUT2D eigenvalue weighted by Gasteiger charge is 2.17. The van der Waals surface area contributed by atoms with Gasteiger partial charge >= 0.3 is 0 Å². The molecule has 1 atom stereocenters. The van der Waals surface area contributed by atoms with Crippen LogP contribution >= 0.6 is 12.2 Å². The van der Waals surface area contributed by atoms with Crippen LogP contribution in [0.2, 0.25) is 0 Å². The highest BCUT2D eigenvalue weighted by molar-refractivity contribution is 7.71. The van der Waals surface area contributed by atoms with Gasteiger partial charge in [0.1, 0.15) is 17.6 Å². The molecule has 0 aliphatic carbocycles. The number of oxazole rings is 1. The lowest BCUT2D eigenvalue weighted by Crippen LogP contribution is -2.07. The van der Waals surface area contributed by atoms with E-state index in [-0.39, 0.29) is 11.9 Å². The van der Waals surface area contributed by atoms with Crippen molar-refractivity contribution < 1.29 is 8.81 Å². The predicted octanol–water partition coefficient (Wildman–Crippen LogP) is 3.74. The Labute approximate surface area is 113 Å². The van der Waals surface area contributed by atoms with Gasteiger partial charge in [0.05, 0.1) is 17.2 Å². The number of aryl methyl sites for hydroxylation is 1. The van der Waals surface area contributed by atoms with Crippen molar-refractivity contribution in [2.45, 2.75) is 19.9 Å². The second-order valence-corrected chi connectivity index (χ2v) is 4.83. The van der Waals surface area contributed by atoms with Crippen molar-refractivity contribution in [3.05, 3.63) is 46.6 Å². The van der Waals surface area contributed by atoms with Crippen LogP contribution in [0.25, 0.3) is 11.0 Å². The first-order chi connectivity index (χ1) is 9.06. The molecular weight excluding hydrogens is 265 g/mol. The first kappa shape index (κ1) is 12.1. The number of fused-ring (bicyclic) bond motifs is 1. The van der Waals surface area contributed by atoms with Crippen molar-refractivity contribution in [3.8, 4) is 0 Å². The molecule has 0 saturated carbocycles. The van der Waals surface area contributed by atoms with E-state index < -0.39 is 0 Å². The molecule has 0 spiro atoms. The number of aromatic nitrogens is 3. The van der Waals surface area contributed by atoms with Crippen molar-refractivity contribution in [1.82, 2.24) is 14.5 Å². The van der Waals surface area contributed by atoms with E-state index >= 15 is 0 Å². The maximum Gasteiger partial charge on any atom is 0.217 e. The van der Waals surface area contributed by atoms with E-state index in [2.05, 4.69) is 9.97 Å². The van der Waals surface area contributed by atoms with Gasteiger partial charge in [-0.25, -0.2) is 9.37 Å². The molecule has 0 aliphatic heterocycles. The van der Waals surface area contributed by atoms with Crippen LogP contribution in [0.5, 0.6) is 0 Å². The van der Waals surface area contributed by atoms with E-state index in [1.165, 1.54) is 12.1 Å². The zero-order valence-corrected chi connectivity index (χ0v) is 11.3. The Morgan fingerprint density at radius 3 is 2.95 bits per heavy atom. The lowest BCUT2D eigenvalue weighted by Gasteiger charge is -2.10. The first-order valence-electron chi connectivity index (χ1n) is 5.88. The molecule has 4 nitrogen and oxygen atoms in total. The van der Waals surface area contributed by atoms with Gasteiger partial charge in [0.15, 0.2) is 4.77 Å². The van der Waals surface area contributed by atoms with Crippen LogP contribution in [-0.4, -0.2) is 14.5 Å². The summed E-state index contributed by atoms with van der Waals surface area (Å²) in [6, 6.07) is 4.33. The molecule has 3 rings (SSSR count). The summed E-state index contributed by atoms with van der Waals surface area (Å²) < 4.78 is 21.2. The monoisotopic (exact) mass is 277 g/mol. The van der Waals surface area contributed by atoms with Gasteiger partial charge in [-0.3, -0.25) is 0 Å². The Hall–Kier alpha value is -1.95. The summed E-state index contributed by atoms with van der Waals surface area (Å²) in [4.78, 5) is 7.25. The molecule has 0 fully saturated rings. The molecule has 98 valence electrons. The van der Waals surface area contributed by atoms with E-state index in [1.54, 1.807) is 16.8 Å². The highest BCUT2D eigenvalue weighted by atomic mass is 32.1. The molecule has 1 unspecified atom stereocenters. The molecule has 2 heterocycles. The summed E-state index contributed by atoms with van der Waals surface area (Å²) in [7, 11) is 0. The summed E-state index contributed by atoms with van der Waals surface area (Å²) in [5.74, 6) is 0.990. The van der Waals surface area contributed by atoms with Crippen LogP contribution in [0.3, 0.4) is 0 Å². The van der Waals surface area contributed by atoms with Crippen LogP contribution < -0.4 is 0 Å². The van der Waals surface area contributed by atoms with Crippen LogP contribution in [-0.2, 0) is 0 Å². The van der Waals surface area contributed by atoms with Gasteiger partial charge in [0.25, 0.3) is 0 Å². The van der Waals surface area contributed by atoms with Gasteiger partial charge in [0, 0.05) is 0 Å². The van der Waals surface area contributed by atoms with Gasteiger partial charge in [-0.05, 0) is 44.3 Å². The molecule has 0 bridgehead atoms. The van der Waals surface area contributed by atoms with Crippen molar-refractivity contribution in [2.75, 3.05) is 0 Å². The zero-order valence-electron chi connectivity index (χ0n) is 10.5. The molecular formula is C13H12FN3OS. The largest absolute Gasteiger partial charge is 0.444 e. The standard InChI is InChI=1S/C13H12FN3OS/c1-7-6-15-12(18-7)8(2)17-11-5-9(14)3-4-10(11)16-13(17)19/h3-6,8H,1-2H3,(H,16,19). The lowest BCUT2D eigenvalue weighted by molar-refractivity contribution is 0.417. The molecule has 1 N–H and O–H groups in total. The Balaban J connectivity index is 2.21. The minimum absolute atomic E-state index is 0.197. The number of aromatic amines is 1. The number of rotatable bonds is 2.